The van der Waals surface area contributed by atoms with Crippen LogP contribution in [0.15, 0.2) is 6.07 Å². The highest BCUT2D eigenvalue weighted by molar-refractivity contribution is 5.94. The number of nitrogens with zero attached hydrogens (tertiary/aromatic N) is 4. The number of anilines is 1. The first kappa shape index (κ1) is 15.0. The SMILES string of the molecule is Cc1cc2nc(C(C)C)nc3c2c(n1)OC[C@H](C)N3C(C)C. The summed E-state index contributed by atoms with van der Waals surface area (Å²) in [5.41, 5.74) is 1.85. The number of aromatic nitrogens is 3. The maximum absolute atomic E-state index is 5.96. The van der Waals surface area contributed by atoms with Crippen LogP contribution >= 0.6 is 0 Å². The summed E-state index contributed by atoms with van der Waals surface area (Å²) in [7, 11) is 0. The van der Waals surface area contributed by atoms with Crippen LogP contribution in [0.4, 0.5) is 5.82 Å². The predicted molar refractivity (Wildman–Crippen MR) is 88.7 cm³/mol. The Balaban J connectivity index is 2.37. The van der Waals surface area contributed by atoms with Gasteiger partial charge in [-0.3, -0.25) is 0 Å². The first-order valence-electron chi connectivity index (χ1n) is 7.99. The Morgan fingerprint density at radius 1 is 1.18 bits per heavy atom. The summed E-state index contributed by atoms with van der Waals surface area (Å²) >= 11 is 0. The van der Waals surface area contributed by atoms with Crippen molar-refractivity contribution >= 4 is 16.7 Å². The fourth-order valence-corrected chi connectivity index (χ4v) is 3.03. The van der Waals surface area contributed by atoms with Crippen molar-refractivity contribution in [3.8, 4) is 5.88 Å². The summed E-state index contributed by atoms with van der Waals surface area (Å²) in [4.78, 5) is 16.5. The number of ether oxygens (including phenoxy) is 1. The minimum Gasteiger partial charge on any atom is -0.475 e. The van der Waals surface area contributed by atoms with Crippen LogP contribution in [-0.2, 0) is 0 Å². The Kier molecular flexibility index (Phi) is 3.67. The number of pyridine rings is 1. The lowest BCUT2D eigenvalue weighted by molar-refractivity contribution is 0.282. The van der Waals surface area contributed by atoms with Crippen molar-refractivity contribution in [3.05, 3.63) is 17.6 Å². The normalized spacial score (nSPS) is 18.0. The Labute approximate surface area is 131 Å². The molecule has 2 aromatic heterocycles. The van der Waals surface area contributed by atoms with E-state index in [4.69, 9.17) is 14.7 Å². The van der Waals surface area contributed by atoms with Gasteiger partial charge in [-0.05, 0) is 33.8 Å². The van der Waals surface area contributed by atoms with Gasteiger partial charge in [-0.1, -0.05) is 13.8 Å². The van der Waals surface area contributed by atoms with Gasteiger partial charge in [-0.2, -0.15) is 0 Å². The van der Waals surface area contributed by atoms with E-state index in [1.165, 1.54) is 0 Å². The summed E-state index contributed by atoms with van der Waals surface area (Å²) in [6.07, 6.45) is 0. The molecule has 0 unspecified atom stereocenters. The molecule has 22 heavy (non-hydrogen) atoms. The van der Waals surface area contributed by atoms with E-state index >= 15 is 0 Å². The number of hydrogen-bond donors (Lipinski definition) is 0. The number of hydrogen-bond acceptors (Lipinski definition) is 5. The fraction of sp³-hybridized carbons (Fsp3) is 0.588. The smallest absolute Gasteiger partial charge is 0.227 e. The van der Waals surface area contributed by atoms with E-state index in [0.29, 0.717) is 18.5 Å². The molecular formula is C17H24N4O. The minimum absolute atomic E-state index is 0.243. The first-order chi connectivity index (χ1) is 10.4. The van der Waals surface area contributed by atoms with Crippen LogP contribution in [0.2, 0.25) is 0 Å². The lowest BCUT2D eigenvalue weighted by Crippen LogP contribution is -2.42. The van der Waals surface area contributed by atoms with Crippen molar-refractivity contribution in [1.82, 2.24) is 15.0 Å². The van der Waals surface area contributed by atoms with Crippen molar-refractivity contribution in [3.63, 3.8) is 0 Å². The molecule has 0 fully saturated rings. The molecule has 1 aliphatic heterocycles. The van der Waals surface area contributed by atoms with Gasteiger partial charge in [0.05, 0.1) is 11.6 Å². The number of rotatable bonds is 2. The topological polar surface area (TPSA) is 51.1 Å². The van der Waals surface area contributed by atoms with E-state index in [1.807, 2.05) is 13.0 Å². The Morgan fingerprint density at radius 3 is 2.55 bits per heavy atom. The molecule has 0 saturated heterocycles. The second-order valence-electron chi connectivity index (χ2n) is 6.68. The van der Waals surface area contributed by atoms with E-state index in [0.717, 1.165) is 28.2 Å². The second-order valence-corrected chi connectivity index (χ2v) is 6.68. The monoisotopic (exact) mass is 300 g/mol. The highest BCUT2D eigenvalue weighted by Gasteiger charge is 2.29. The van der Waals surface area contributed by atoms with Crippen molar-refractivity contribution in [2.45, 2.75) is 59.5 Å². The third-order valence-corrected chi connectivity index (χ3v) is 4.03. The molecule has 5 heteroatoms. The van der Waals surface area contributed by atoms with E-state index < -0.39 is 0 Å². The molecule has 5 nitrogen and oxygen atoms in total. The van der Waals surface area contributed by atoms with Gasteiger partial charge in [-0.25, -0.2) is 15.0 Å². The Morgan fingerprint density at radius 2 is 1.91 bits per heavy atom. The van der Waals surface area contributed by atoms with E-state index in [1.54, 1.807) is 0 Å². The van der Waals surface area contributed by atoms with Gasteiger partial charge in [0.1, 0.15) is 23.6 Å². The Hall–Kier alpha value is -1.91. The molecule has 0 bridgehead atoms. The van der Waals surface area contributed by atoms with Crippen LogP contribution in [0.3, 0.4) is 0 Å². The summed E-state index contributed by atoms with van der Waals surface area (Å²) in [5.74, 6) is 2.77. The summed E-state index contributed by atoms with van der Waals surface area (Å²) in [6.45, 7) is 13.4. The van der Waals surface area contributed by atoms with Crippen LogP contribution in [0.25, 0.3) is 10.9 Å². The van der Waals surface area contributed by atoms with Gasteiger partial charge in [0.15, 0.2) is 0 Å². The average Bonchev–Trinajstić information content (AvgIpc) is 2.56. The summed E-state index contributed by atoms with van der Waals surface area (Å²) in [5, 5.41) is 0.938. The molecule has 3 rings (SSSR count). The zero-order chi connectivity index (χ0) is 16.0. The van der Waals surface area contributed by atoms with Crippen molar-refractivity contribution in [1.29, 1.82) is 0 Å². The third kappa shape index (κ3) is 2.38. The molecule has 1 aliphatic rings. The number of aryl methyl sites for hydroxylation is 1. The van der Waals surface area contributed by atoms with Gasteiger partial charge < -0.3 is 9.64 Å². The molecule has 1 atom stereocenters. The van der Waals surface area contributed by atoms with Crippen molar-refractivity contribution in [2.75, 3.05) is 11.5 Å². The van der Waals surface area contributed by atoms with E-state index in [-0.39, 0.29) is 12.0 Å². The first-order valence-corrected chi connectivity index (χ1v) is 7.99. The fourth-order valence-electron chi connectivity index (χ4n) is 3.03. The zero-order valence-electron chi connectivity index (χ0n) is 14.2. The zero-order valence-corrected chi connectivity index (χ0v) is 14.2. The molecular weight excluding hydrogens is 276 g/mol. The maximum atomic E-state index is 5.96. The van der Waals surface area contributed by atoms with E-state index in [2.05, 4.69) is 44.5 Å². The standard InChI is InChI=1S/C17H24N4O/c1-9(2)15-19-13-7-11(5)18-17-14(13)16(20-15)21(10(3)4)12(6)8-22-17/h7,9-10,12H,8H2,1-6H3/t12-/m0/s1. The van der Waals surface area contributed by atoms with Crippen LogP contribution in [0.1, 0.15) is 52.1 Å². The van der Waals surface area contributed by atoms with Gasteiger partial charge in [0.25, 0.3) is 0 Å². The summed E-state index contributed by atoms with van der Waals surface area (Å²) < 4.78 is 5.96. The lowest BCUT2D eigenvalue weighted by Gasteiger charge is -2.32. The average molecular weight is 300 g/mol. The van der Waals surface area contributed by atoms with Crippen LogP contribution in [0, 0.1) is 6.92 Å². The second kappa shape index (κ2) is 5.38. The molecule has 2 aromatic rings. The van der Waals surface area contributed by atoms with Crippen LogP contribution in [0.5, 0.6) is 5.88 Å². The summed E-state index contributed by atoms with van der Waals surface area (Å²) in [6, 6.07) is 2.60. The molecule has 3 heterocycles. The predicted octanol–water partition coefficient (Wildman–Crippen LogP) is 3.45. The molecule has 0 spiro atoms. The molecule has 0 aromatic carbocycles. The highest BCUT2D eigenvalue weighted by atomic mass is 16.5. The molecule has 0 radical (unpaired) electrons. The highest BCUT2D eigenvalue weighted by Crippen LogP contribution is 2.36. The largest absolute Gasteiger partial charge is 0.475 e. The van der Waals surface area contributed by atoms with Gasteiger partial charge in [-0.15, -0.1) is 0 Å². The quantitative estimate of drug-likeness (QED) is 0.850. The van der Waals surface area contributed by atoms with Gasteiger partial charge in [0.2, 0.25) is 5.88 Å². The van der Waals surface area contributed by atoms with Crippen molar-refractivity contribution < 1.29 is 4.74 Å². The molecule has 0 aliphatic carbocycles. The molecule has 0 N–H and O–H groups in total. The minimum atomic E-state index is 0.243. The molecule has 0 saturated carbocycles. The van der Waals surface area contributed by atoms with E-state index in [9.17, 15) is 0 Å². The van der Waals surface area contributed by atoms with Gasteiger partial charge in [0, 0.05) is 17.7 Å². The van der Waals surface area contributed by atoms with Gasteiger partial charge >= 0.3 is 0 Å². The molecule has 0 amide bonds. The van der Waals surface area contributed by atoms with Crippen LogP contribution < -0.4 is 9.64 Å². The van der Waals surface area contributed by atoms with Crippen LogP contribution in [-0.4, -0.2) is 33.6 Å². The maximum Gasteiger partial charge on any atom is 0.227 e. The van der Waals surface area contributed by atoms with Crippen molar-refractivity contribution in [2.24, 2.45) is 0 Å². The molecule has 118 valence electrons. The lowest BCUT2D eigenvalue weighted by atomic mass is 10.1. The third-order valence-electron chi connectivity index (χ3n) is 4.03. The Bertz CT molecular complexity index is 711.